The summed E-state index contributed by atoms with van der Waals surface area (Å²) in [5, 5.41) is 3.27. The number of halogens is 1. The number of nitrogens with zero attached hydrogens (tertiary/aromatic N) is 1. The van der Waals surface area contributed by atoms with Gasteiger partial charge in [-0.05, 0) is 57.5 Å². The highest BCUT2D eigenvalue weighted by atomic mass is 35.5. The van der Waals surface area contributed by atoms with Crippen LogP contribution in [-0.4, -0.2) is 37.5 Å². The molecule has 0 aromatic carbocycles. The number of piperidine rings is 1. The van der Waals surface area contributed by atoms with Crippen molar-refractivity contribution >= 4 is 18.3 Å². The third kappa shape index (κ3) is 4.59. The lowest BCUT2D eigenvalue weighted by Crippen LogP contribution is -2.49. The van der Waals surface area contributed by atoms with Gasteiger partial charge in [0.05, 0.1) is 0 Å². The molecular formula is C17H33ClN2O. The number of hydrogen-bond acceptors (Lipinski definition) is 2. The third-order valence-corrected chi connectivity index (χ3v) is 5.11. The first kappa shape index (κ1) is 18.8. The molecule has 1 unspecified atom stereocenters. The molecule has 0 aromatic heterocycles. The van der Waals surface area contributed by atoms with E-state index in [9.17, 15) is 4.79 Å². The van der Waals surface area contributed by atoms with Gasteiger partial charge in [0.1, 0.15) is 0 Å². The minimum absolute atomic E-state index is 0. The van der Waals surface area contributed by atoms with Crippen LogP contribution in [0.4, 0.5) is 0 Å². The Morgan fingerprint density at radius 2 is 1.95 bits per heavy atom. The lowest BCUT2D eigenvalue weighted by atomic mass is 9.76. The first-order valence-corrected chi connectivity index (χ1v) is 8.51. The van der Waals surface area contributed by atoms with Crippen LogP contribution in [-0.2, 0) is 4.79 Å². The van der Waals surface area contributed by atoms with Gasteiger partial charge in [-0.3, -0.25) is 4.79 Å². The Morgan fingerprint density at radius 3 is 2.52 bits per heavy atom. The van der Waals surface area contributed by atoms with E-state index in [2.05, 4.69) is 24.1 Å². The summed E-state index contributed by atoms with van der Waals surface area (Å²) in [7, 11) is 2.01. The zero-order valence-corrected chi connectivity index (χ0v) is 14.8. The Kier molecular flexibility index (Phi) is 7.49. The largest absolute Gasteiger partial charge is 0.342 e. The SMILES string of the molecule is CNCC1CCCN(C(=O)C2(CC(C)C)CCCC2)C1.Cl. The van der Waals surface area contributed by atoms with Gasteiger partial charge in [-0.15, -0.1) is 12.4 Å². The molecule has 1 saturated carbocycles. The minimum Gasteiger partial charge on any atom is -0.342 e. The van der Waals surface area contributed by atoms with E-state index in [0.29, 0.717) is 17.7 Å². The fourth-order valence-corrected chi connectivity index (χ4v) is 4.38. The second-order valence-corrected chi connectivity index (χ2v) is 7.40. The molecule has 1 N–H and O–H groups in total. The summed E-state index contributed by atoms with van der Waals surface area (Å²) in [5.41, 5.74) is -0.0182. The Hall–Kier alpha value is -0.280. The molecule has 0 spiro atoms. The Morgan fingerprint density at radius 1 is 1.29 bits per heavy atom. The van der Waals surface area contributed by atoms with Crippen molar-refractivity contribution < 1.29 is 4.79 Å². The fraction of sp³-hybridized carbons (Fsp3) is 0.941. The molecule has 2 aliphatic rings. The van der Waals surface area contributed by atoms with Gasteiger partial charge in [0.25, 0.3) is 0 Å². The van der Waals surface area contributed by atoms with E-state index in [4.69, 9.17) is 0 Å². The van der Waals surface area contributed by atoms with Gasteiger partial charge < -0.3 is 10.2 Å². The summed E-state index contributed by atoms with van der Waals surface area (Å²) in [6.45, 7) is 7.51. The standard InChI is InChI=1S/C17H32N2O.ClH/c1-14(2)11-17(8-4-5-9-17)16(20)19-10-6-7-15(13-19)12-18-3;/h14-15,18H,4-13H2,1-3H3;1H. The number of carbonyl (C=O) groups excluding carboxylic acids is 1. The second kappa shape index (κ2) is 8.38. The van der Waals surface area contributed by atoms with Crippen molar-refractivity contribution in [1.82, 2.24) is 10.2 Å². The molecule has 2 fully saturated rings. The number of rotatable bonds is 5. The lowest BCUT2D eigenvalue weighted by Gasteiger charge is -2.40. The molecule has 4 heteroatoms. The van der Waals surface area contributed by atoms with Crippen molar-refractivity contribution in [3.8, 4) is 0 Å². The van der Waals surface area contributed by atoms with E-state index in [1.54, 1.807) is 0 Å². The molecule has 1 aliphatic carbocycles. The van der Waals surface area contributed by atoms with Crippen LogP contribution in [0.25, 0.3) is 0 Å². The van der Waals surface area contributed by atoms with E-state index in [-0.39, 0.29) is 17.8 Å². The second-order valence-electron chi connectivity index (χ2n) is 7.40. The van der Waals surface area contributed by atoms with Gasteiger partial charge in [0.2, 0.25) is 5.91 Å². The summed E-state index contributed by atoms with van der Waals surface area (Å²) >= 11 is 0. The number of amides is 1. The van der Waals surface area contributed by atoms with E-state index in [1.807, 2.05) is 7.05 Å². The maximum absolute atomic E-state index is 13.1. The van der Waals surface area contributed by atoms with Gasteiger partial charge in [-0.25, -0.2) is 0 Å². The highest BCUT2D eigenvalue weighted by molar-refractivity contribution is 5.85. The molecule has 124 valence electrons. The quantitative estimate of drug-likeness (QED) is 0.842. The molecular weight excluding hydrogens is 284 g/mol. The zero-order chi connectivity index (χ0) is 14.6. The first-order chi connectivity index (χ1) is 9.57. The number of carbonyl (C=O) groups is 1. The number of likely N-dealkylation sites (tertiary alicyclic amines) is 1. The van der Waals surface area contributed by atoms with Crippen LogP contribution < -0.4 is 5.32 Å². The Bertz CT molecular complexity index is 325. The molecule has 1 atom stereocenters. The molecule has 1 amide bonds. The zero-order valence-electron chi connectivity index (χ0n) is 14.0. The molecule has 1 aliphatic heterocycles. The highest BCUT2D eigenvalue weighted by Gasteiger charge is 2.44. The van der Waals surface area contributed by atoms with Crippen molar-refractivity contribution in [3.63, 3.8) is 0 Å². The molecule has 0 bridgehead atoms. The summed E-state index contributed by atoms with van der Waals surface area (Å²) in [6, 6.07) is 0. The van der Waals surface area contributed by atoms with E-state index in [1.165, 1.54) is 25.7 Å². The van der Waals surface area contributed by atoms with Gasteiger partial charge in [-0.2, -0.15) is 0 Å². The monoisotopic (exact) mass is 316 g/mol. The van der Waals surface area contributed by atoms with Crippen molar-refractivity contribution in [2.45, 2.75) is 58.8 Å². The fourth-order valence-electron chi connectivity index (χ4n) is 4.38. The van der Waals surface area contributed by atoms with Crippen LogP contribution in [0.3, 0.4) is 0 Å². The molecule has 0 aromatic rings. The number of nitrogens with one attached hydrogen (secondary N) is 1. The summed E-state index contributed by atoms with van der Waals surface area (Å²) in [6.07, 6.45) is 8.25. The maximum atomic E-state index is 13.1. The van der Waals surface area contributed by atoms with Crippen LogP contribution >= 0.6 is 12.4 Å². The number of hydrogen-bond donors (Lipinski definition) is 1. The van der Waals surface area contributed by atoms with Crippen molar-refractivity contribution in [2.75, 3.05) is 26.7 Å². The normalized spacial score (nSPS) is 25.0. The van der Waals surface area contributed by atoms with Crippen LogP contribution in [0.2, 0.25) is 0 Å². The topological polar surface area (TPSA) is 32.3 Å². The highest BCUT2D eigenvalue weighted by Crippen LogP contribution is 2.45. The van der Waals surface area contributed by atoms with Gasteiger partial charge in [-0.1, -0.05) is 26.7 Å². The average molecular weight is 317 g/mol. The van der Waals surface area contributed by atoms with Crippen molar-refractivity contribution in [1.29, 1.82) is 0 Å². The Labute approximate surface area is 136 Å². The van der Waals surface area contributed by atoms with Crippen LogP contribution in [0.15, 0.2) is 0 Å². The summed E-state index contributed by atoms with van der Waals surface area (Å²) in [4.78, 5) is 15.3. The van der Waals surface area contributed by atoms with Crippen LogP contribution in [0, 0.1) is 17.3 Å². The van der Waals surface area contributed by atoms with Crippen molar-refractivity contribution in [3.05, 3.63) is 0 Å². The molecule has 1 heterocycles. The first-order valence-electron chi connectivity index (χ1n) is 8.51. The smallest absolute Gasteiger partial charge is 0.228 e. The predicted molar refractivity (Wildman–Crippen MR) is 90.8 cm³/mol. The molecule has 21 heavy (non-hydrogen) atoms. The molecule has 0 radical (unpaired) electrons. The average Bonchev–Trinajstić information content (AvgIpc) is 2.87. The van der Waals surface area contributed by atoms with E-state index in [0.717, 1.165) is 38.9 Å². The predicted octanol–water partition coefficient (Wildman–Crippen LogP) is 3.47. The minimum atomic E-state index is -0.0182. The van der Waals surface area contributed by atoms with Crippen LogP contribution in [0.1, 0.15) is 58.8 Å². The van der Waals surface area contributed by atoms with Gasteiger partial charge >= 0.3 is 0 Å². The lowest BCUT2D eigenvalue weighted by molar-refractivity contribution is -0.144. The van der Waals surface area contributed by atoms with E-state index < -0.39 is 0 Å². The van der Waals surface area contributed by atoms with Crippen molar-refractivity contribution in [2.24, 2.45) is 17.3 Å². The van der Waals surface area contributed by atoms with Crippen LogP contribution in [0.5, 0.6) is 0 Å². The van der Waals surface area contributed by atoms with E-state index >= 15 is 0 Å². The van der Waals surface area contributed by atoms with Gasteiger partial charge in [0.15, 0.2) is 0 Å². The Balaban J connectivity index is 0.00000220. The maximum Gasteiger partial charge on any atom is 0.228 e. The molecule has 3 nitrogen and oxygen atoms in total. The molecule has 1 saturated heterocycles. The van der Waals surface area contributed by atoms with Gasteiger partial charge in [0, 0.05) is 18.5 Å². The summed E-state index contributed by atoms with van der Waals surface area (Å²) < 4.78 is 0. The molecule has 2 rings (SSSR count). The third-order valence-electron chi connectivity index (χ3n) is 5.11. The summed E-state index contributed by atoms with van der Waals surface area (Å²) in [5.74, 6) is 1.75.